The molecule has 0 aliphatic heterocycles. The summed E-state index contributed by atoms with van der Waals surface area (Å²) in [4.78, 5) is 8.86. The highest BCUT2D eigenvalue weighted by Gasteiger charge is 2.19. The van der Waals surface area contributed by atoms with Gasteiger partial charge in [0.05, 0.1) is 31.1 Å². The first kappa shape index (κ1) is 14.0. The van der Waals surface area contributed by atoms with Gasteiger partial charge in [0.25, 0.3) is 0 Å². The third kappa shape index (κ3) is 4.38. The highest BCUT2D eigenvalue weighted by Crippen LogP contribution is 2.26. The predicted octanol–water partition coefficient (Wildman–Crippen LogP) is 2.55. The lowest BCUT2D eigenvalue weighted by molar-refractivity contribution is 0.158. The number of anilines is 2. The van der Waals surface area contributed by atoms with Gasteiger partial charge in [0.2, 0.25) is 0 Å². The first-order valence-electron chi connectivity index (χ1n) is 5.20. The van der Waals surface area contributed by atoms with Gasteiger partial charge in [-0.2, -0.15) is 0 Å². The summed E-state index contributed by atoms with van der Waals surface area (Å²) in [5.41, 5.74) is 4.06. The smallest absolute Gasteiger partial charge is 0.131 e. The number of nitrogens with one attached hydrogen (secondary N) is 2. The average molecular weight is 260 g/mol. The fraction of sp³-hybridized carbons (Fsp3) is 0.545. The van der Waals surface area contributed by atoms with Crippen LogP contribution in [0.4, 0.5) is 11.4 Å². The maximum atomic E-state index is 5.87. The molecule has 0 bridgehead atoms. The molecule has 96 valence electrons. The molecule has 0 amide bonds. The Labute approximate surface area is 106 Å². The van der Waals surface area contributed by atoms with Crippen molar-refractivity contribution in [1.29, 1.82) is 0 Å². The van der Waals surface area contributed by atoms with Crippen molar-refractivity contribution in [2.45, 2.75) is 19.4 Å². The molecule has 0 aliphatic rings. The molecule has 1 rings (SSSR count). The van der Waals surface area contributed by atoms with E-state index in [0.717, 1.165) is 11.4 Å². The quantitative estimate of drug-likeness (QED) is 0.607. The highest BCUT2D eigenvalue weighted by molar-refractivity contribution is 6.29. The molecular weight excluding hydrogens is 242 g/mol. The number of nitrogens with zero attached hydrogens (tertiary/aromatic N) is 1. The molecule has 0 spiro atoms. The molecule has 1 aromatic rings. The van der Waals surface area contributed by atoms with E-state index in [-0.39, 0.29) is 5.54 Å². The Morgan fingerprint density at radius 2 is 2.06 bits per heavy atom. The minimum Gasteiger partial charge on any atom is -0.382 e. The Kier molecular flexibility index (Phi) is 4.99. The normalized spacial score (nSPS) is 11.4. The van der Waals surface area contributed by atoms with Gasteiger partial charge in [-0.05, 0) is 13.8 Å². The number of pyridine rings is 1. The van der Waals surface area contributed by atoms with E-state index in [1.54, 1.807) is 26.5 Å². The molecular formula is C11H18ClN3O2. The molecule has 0 fully saturated rings. The minimum absolute atomic E-state index is 0.219. The van der Waals surface area contributed by atoms with E-state index in [1.165, 1.54) is 0 Å². The van der Waals surface area contributed by atoms with Gasteiger partial charge in [-0.1, -0.05) is 11.6 Å². The standard InChI is InChI=1S/C11H18ClN3O2/c1-11(2,7-16-3)14-8-5-10(12)13-6-9(8)15-17-4/h5-6,15H,7H2,1-4H3,(H,13,14). The van der Waals surface area contributed by atoms with Crippen LogP contribution in [0.3, 0.4) is 0 Å². The molecule has 0 saturated heterocycles. The average Bonchev–Trinajstić information content (AvgIpc) is 2.21. The summed E-state index contributed by atoms with van der Waals surface area (Å²) < 4.78 is 5.15. The number of rotatable bonds is 6. The zero-order valence-electron chi connectivity index (χ0n) is 10.5. The van der Waals surface area contributed by atoms with E-state index in [2.05, 4.69) is 15.8 Å². The van der Waals surface area contributed by atoms with Crippen LogP contribution >= 0.6 is 11.6 Å². The molecule has 0 atom stereocenters. The van der Waals surface area contributed by atoms with Crippen molar-refractivity contribution in [2.75, 3.05) is 31.6 Å². The van der Waals surface area contributed by atoms with E-state index in [9.17, 15) is 0 Å². The Hall–Kier alpha value is -1.04. The summed E-state index contributed by atoms with van der Waals surface area (Å²) in [5.74, 6) is 0. The highest BCUT2D eigenvalue weighted by atomic mass is 35.5. The van der Waals surface area contributed by atoms with Crippen LogP contribution in [0.15, 0.2) is 12.3 Å². The van der Waals surface area contributed by atoms with Crippen molar-refractivity contribution >= 4 is 23.0 Å². The van der Waals surface area contributed by atoms with Gasteiger partial charge in [0, 0.05) is 13.2 Å². The van der Waals surface area contributed by atoms with Crippen molar-refractivity contribution in [3.05, 3.63) is 17.4 Å². The zero-order valence-corrected chi connectivity index (χ0v) is 11.3. The van der Waals surface area contributed by atoms with Gasteiger partial charge in [0.15, 0.2) is 0 Å². The predicted molar refractivity (Wildman–Crippen MR) is 69.5 cm³/mol. The van der Waals surface area contributed by atoms with Crippen LogP contribution in [-0.2, 0) is 9.57 Å². The Bertz CT molecular complexity index is 372. The van der Waals surface area contributed by atoms with Gasteiger partial charge in [-0.15, -0.1) is 0 Å². The lowest BCUT2D eigenvalue weighted by atomic mass is 10.1. The van der Waals surface area contributed by atoms with Crippen molar-refractivity contribution in [3.63, 3.8) is 0 Å². The monoisotopic (exact) mass is 259 g/mol. The van der Waals surface area contributed by atoms with Gasteiger partial charge in [-0.3, -0.25) is 10.3 Å². The molecule has 0 aliphatic carbocycles. The van der Waals surface area contributed by atoms with Crippen LogP contribution in [0.5, 0.6) is 0 Å². The van der Waals surface area contributed by atoms with Gasteiger partial charge in [-0.25, -0.2) is 4.98 Å². The second kappa shape index (κ2) is 6.05. The molecule has 0 aromatic carbocycles. The van der Waals surface area contributed by atoms with E-state index < -0.39 is 0 Å². The van der Waals surface area contributed by atoms with Crippen LogP contribution in [0.25, 0.3) is 0 Å². The van der Waals surface area contributed by atoms with Crippen molar-refractivity contribution in [1.82, 2.24) is 4.98 Å². The summed E-state index contributed by atoms with van der Waals surface area (Å²) in [5, 5.41) is 3.74. The second-order valence-corrected chi connectivity index (χ2v) is 4.69. The maximum Gasteiger partial charge on any atom is 0.131 e. The first-order chi connectivity index (χ1) is 7.98. The molecule has 2 N–H and O–H groups in total. The fourth-order valence-corrected chi connectivity index (χ4v) is 1.64. The number of methoxy groups -OCH3 is 1. The molecule has 0 unspecified atom stereocenters. The fourth-order valence-electron chi connectivity index (χ4n) is 1.49. The third-order valence-electron chi connectivity index (χ3n) is 2.06. The van der Waals surface area contributed by atoms with Crippen LogP contribution in [-0.4, -0.2) is 31.3 Å². The Morgan fingerprint density at radius 3 is 2.65 bits per heavy atom. The lowest BCUT2D eigenvalue weighted by Crippen LogP contribution is -2.36. The Balaban J connectivity index is 2.91. The number of aromatic nitrogens is 1. The SMILES string of the molecule is COCC(C)(C)Nc1cc(Cl)ncc1NOC. The van der Waals surface area contributed by atoms with E-state index in [4.69, 9.17) is 21.2 Å². The molecule has 1 aromatic heterocycles. The van der Waals surface area contributed by atoms with Gasteiger partial charge in [0.1, 0.15) is 10.8 Å². The topological polar surface area (TPSA) is 55.4 Å². The van der Waals surface area contributed by atoms with Gasteiger partial charge < -0.3 is 10.1 Å². The summed E-state index contributed by atoms with van der Waals surface area (Å²) in [7, 11) is 3.20. The van der Waals surface area contributed by atoms with E-state index >= 15 is 0 Å². The van der Waals surface area contributed by atoms with Crippen LogP contribution in [0, 0.1) is 0 Å². The van der Waals surface area contributed by atoms with Gasteiger partial charge >= 0.3 is 0 Å². The number of hydrogen-bond donors (Lipinski definition) is 2. The van der Waals surface area contributed by atoms with E-state index in [0.29, 0.717) is 11.8 Å². The molecule has 6 heteroatoms. The van der Waals surface area contributed by atoms with Crippen molar-refractivity contribution in [2.24, 2.45) is 0 Å². The third-order valence-corrected chi connectivity index (χ3v) is 2.27. The molecule has 0 radical (unpaired) electrons. The molecule has 1 heterocycles. The van der Waals surface area contributed by atoms with E-state index in [1.807, 2.05) is 13.8 Å². The van der Waals surface area contributed by atoms with Crippen LogP contribution in [0.1, 0.15) is 13.8 Å². The maximum absolute atomic E-state index is 5.87. The Morgan fingerprint density at radius 1 is 1.35 bits per heavy atom. The lowest BCUT2D eigenvalue weighted by Gasteiger charge is -2.27. The second-order valence-electron chi connectivity index (χ2n) is 4.30. The largest absolute Gasteiger partial charge is 0.382 e. The summed E-state index contributed by atoms with van der Waals surface area (Å²) in [6.45, 7) is 4.63. The summed E-state index contributed by atoms with van der Waals surface area (Å²) in [6.07, 6.45) is 1.61. The summed E-state index contributed by atoms with van der Waals surface area (Å²) in [6, 6.07) is 1.74. The number of halogens is 1. The van der Waals surface area contributed by atoms with Crippen molar-refractivity contribution in [3.8, 4) is 0 Å². The van der Waals surface area contributed by atoms with Crippen LogP contribution in [0.2, 0.25) is 5.15 Å². The zero-order chi connectivity index (χ0) is 12.9. The minimum atomic E-state index is -0.219. The first-order valence-corrected chi connectivity index (χ1v) is 5.58. The molecule has 0 saturated carbocycles. The van der Waals surface area contributed by atoms with Crippen molar-refractivity contribution < 1.29 is 9.57 Å². The number of ether oxygens (including phenoxy) is 1. The summed E-state index contributed by atoms with van der Waals surface area (Å²) >= 11 is 5.87. The number of hydrogen-bond acceptors (Lipinski definition) is 5. The molecule has 5 nitrogen and oxygen atoms in total. The van der Waals surface area contributed by atoms with Crippen LogP contribution < -0.4 is 10.8 Å². The molecule has 17 heavy (non-hydrogen) atoms.